The number of nitrogens with two attached hydrogens (primary N) is 1. The molecule has 0 radical (unpaired) electrons. The lowest BCUT2D eigenvalue weighted by molar-refractivity contribution is -0.726. The quantitative estimate of drug-likeness (QED) is 0.539. The normalized spacial score (nSPS) is 13.7. The van der Waals surface area contributed by atoms with E-state index in [2.05, 4.69) is 31.5 Å². The Labute approximate surface area is 99.2 Å². The zero-order chi connectivity index (χ0) is 11.7. The summed E-state index contributed by atoms with van der Waals surface area (Å²) in [6.07, 6.45) is 5.69. The molecule has 0 amide bonds. The van der Waals surface area contributed by atoms with Crippen LogP contribution in [0.25, 0.3) is 0 Å². The van der Waals surface area contributed by atoms with E-state index in [9.17, 15) is 0 Å². The van der Waals surface area contributed by atoms with Crippen molar-refractivity contribution in [3.8, 4) is 0 Å². The van der Waals surface area contributed by atoms with Crippen molar-refractivity contribution >= 4 is 5.82 Å². The van der Waals surface area contributed by atoms with E-state index in [1.807, 2.05) is 6.20 Å². The lowest BCUT2D eigenvalue weighted by atomic mass is 10.1. The number of nitrogens with zero attached hydrogens (tertiary/aromatic N) is 2. The van der Waals surface area contributed by atoms with Crippen molar-refractivity contribution in [3.63, 3.8) is 0 Å². The monoisotopic (exact) mass is 233 g/mol. The van der Waals surface area contributed by atoms with E-state index in [4.69, 9.17) is 5.73 Å². The van der Waals surface area contributed by atoms with Crippen LogP contribution in [0.3, 0.4) is 0 Å². The summed E-state index contributed by atoms with van der Waals surface area (Å²) < 4.78 is 2.14. The van der Waals surface area contributed by atoms with E-state index >= 15 is 0 Å². The highest BCUT2D eigenvalue weighted by molar-refractivity contribution is 5.42. The summed E-state index contributed by atoms with van der Waals surface area (Å²) in [4.78, 5) is 0. The summed E-state index contributed by atoms with van der Waals surface area (Å²) in [5.74, 6) is 1.20. The van der Waals surface area contributed by atoms with Gasteiger partial charge in [-0.05, 0) is 12.1 Å². The number of hydrogen-bond acceptors (Lipinski definition) is 3. The SMILES string of the molecule is NCCc1[nH]ncc1Cc1c[nH][n+]2c1NCC2. The third kappa shape index (κ3) is 1.80. The van der Waals surface area contributed by atoms with Gasteiger partial charge < -0.3 is 5.73 Å². The van der Waals surface area contributed by atoms with Crippen LogP contribution in [0.2, 0.25) is 0 Å². The minimum atomic E-state index is 0.646. The van der Waals surface area contributed by atoms with Gasteiger partial charge in [0.2, 0.25) is 0 Å². The molecule has 2 aromatic heterocycles. The number of aromatic nitrogens is 4. The van der Waals surface area contributed by atoms with Gasteiger partial charge in [-0.2, -0.15) is 9.78 Å². The molecule has 3 rings (SSSR count). The molecule has 90 valence electrons. The van der Waals surface area contributed by atoms with Crippen LogP contribution < -0.4 is 15.7 Å². The zero-order valence-corrected chi connectivity index (χ0v) is 9.66. The van der Waals surface area contributed by atoms with Gasteiger partial charge in [0.25, 0.3) is 5.82 Å². The fourth-order valence-electron chi connectivity index (χ4n) is 2.32. The lowest BCUT2D eigenvalue weighted by Gasteiger charge is -1.99. The Morgan fingerprint density at radius 1 is 1.41 bits per heavy atom. The molecule has 0 saturated heterocycles. The second-order valence-electron chi connectivity index (χ2n) is 4.31. The molecule has 6 heteroatoms. The summed E-state index contributed by atoms with van der Waals surface area (Å²) in [6.45, 7) is 2.66. The fourth-order valence-corrected chi connectivity index (χ4v) is 2.32. The van der Waals surface area contributed by atoms with E-state index in [-0.39, 0.29) is 0 Å². The van der Waals surface area contributed by atoms with Crippen LogP contribution >= 0.6 is 0 Å². The van der Waals surface area contributed by atoms with Crippen LogP contribution in [0, 0.1) is 0 Å². The summed E-state index contributed by atoms with van der Waals surface area (Å²) in [5.41, 5.74) is 9.23. The molecule has 0 saturated carbocycles. The minimum Gasteiger partial charge on any atom is -0.330 e. The number of anilines is 1. The summed E-state index contributed by atoms with van der Waals surface area (Å²) in [7, 11) is 0. The highest BCUT2D eigenvalue weighted by Crippen LogP contribution is 2.18. The zero-order valence-electron chi connectivity index (χ0n) is 9.66. The Balaban J connectivity index is 1.84. The topological polar surface area (TPSA) is 86.4 Å². The molecule has 0 spiro atoms. The molecule has 0 fully saturated rings. The van der Waals surface area contributed by atoms with Gasteiger partial charge in [-0.15, -0.1) is 0 Å². The number of aromatic amines is 2. The predicted octanol–water partition coefficient (Wildman–Crippen LogP) is -0.457. The third-order valence-electron chi connectivity index (χ3n) is 3.18. The van der Waals surface area contributed by atoms with E-state index < -0.39 is 0 Å². The molecule has 5 N–H and O–H groups in total. The average molecular weight is 233 g/mol. The molecule has 1 aliphatic heterocycles. The van der Waals surface area contributed by atoms with E-state index in [1.165, 1.54) is 16.9 Å². The molecule has 0 unspecified atom stereocenters. The van der Waals surface area contributed by atoms with Crippen LogP contribution in [0.5, 0.6) is 0 Å². The summed E-state index contributed by atoms with van der Waals surface area (Å²) >= 11 is 0. The molecule has 1 aliphatic rings. The maximum atomic E-state index is 5.58. The Morgan fingerprint density at radius 2 is 2.35 bits per heavy atom. The maximum absolute atomic E-state index is 5.58. The number of fused-ring (bicyclic) bond motifs is 1. The van der Waals surface area contributed by atoms with Gasteiger partial charge in [-0.25, -0.2) is 5.10 Å². The summed E-state index contributed by atoms with van der Waals surface area (Å²) in [5, 5.41) is 13.8. The Morgan fingerprint density at radius 3 is 3.24 bits per heavy atom. The molecule has 6 nitrogen and oxygen atoms in total. The molecule has 0 aromatic carbocycles. The molecular weight excluding hydrogens is 216 g/mol. The molecule has 0 aliphatic carbocycles. The maximum Gasteiger partial charge on any atom is 0.298 e. The van der Waals surface area contributed by atoms with Crippen LogP contribution in [-0.2, 0) is 19.4 Å². The Kier molecular flexibility index (Phi) is 2.56. The number of H-pyrrole nitrogens is 2. The number of hydrogen-bond donors (Lipinski definition) is 4. The van der Waals surface area contributed by atoms with Crippen molar-refractivity contribution < 1.29 is 4.68 Å². The average Bonchev–Trinajstić information content (AvgIpc) is 2.99. The Hall–Kier alpha value is -1.82. The van der Waals surface area contributed by atoms with E-state index in [0.29, 0.717) is 6.54 Å². The van der Waals surface area contributed by atoms with E-state index in [0.717, 1.165) is 31.6 Å². The summed E-state index contributed by atoms with van der Waals surface area (Å²) in [6, 6.07) is 0. The molecular formula is C11H17N6+. The van der Waals surface area contributed by atoms with Crippen LogP contribution in [-0.4, -0.2) is 28.4 Å². The van der Waals surface area contributed by atoms with Crippen molar-refractivity contribution in [1.29, 1.82) is 0 Å². The number of nitrogens with one attached hydrogen (secondary N) is 3. The minimum absolute atomic E-state index is 0.646. The van der Waals surface area contributed by atoms with Gasteiger partial charge in [0.05, 0.1) is 18.0 Å². The Bertz CT molecular complexity index is 512. The van der Waals surface area contributed by atoms with E-state index in [1.54, 1.807) is 0 Å². The van der Waals surface area contributed by atoms with Crippen molar-refractivity contribution in [2.24, 2.45) is 5.73 Å². The van der Waals surface area contributed by atoms with Gasteiger partial charge >= 0.3 is 0 Å². The van der Waals surface area contributed by atoms with Gasteiger partial charge in [0.15, 0.2) is 0 Å². The second kappa shape index (κ2) is 4.21. The number of rotatable bonds is 4. The van der Waals surface area contributed by atoms with Gasteiger partial charge in [0, 0.05) is 18.5 Å². The highest BCUT2D eigenvalue weighted by Gasteiger charge is 2.24. The van der Waals surface area contributed by atoms with Crippen molar-refractivity contribution in [2.75, 3.05) is 18.4 Å². The first-order valence-corrected chi connectivity index (χ1v) is 5.93. The van der Waals surface area contributed by atoms with Crippen LogP contribution in [0.15, 0.2) is 12.4 Å². The molecule has 3 heterocycles. The second-order valence-corrected chi connectivity index (χ2v) is 4.31. The smallest absolute Gasteiger partial charge is 0.298 e. The van der Waals surface area contributed by atoms with Crippen molar-refractivity contribution in [1.82, 2.24) is 15.3 Å². The lowest BCUT2D eigenvalue weighted by Crippen LogP contribution is -2.32. The van der Waals surface area contributed by atoms with Crippen molar-refractivity contribution in [2.45, 2.75) is 19.4 Å². The van der Waals surface area contributed by atoms with Gasteiger partial charge in [0.1, 0.15) is 13.1 Å². The molecule has 17 heavy (non-hydrogen) atoms. The first-order valence-electron chi connectivity index (χ1n) is 5.93. The highest BCUT2D eigenvalue weighted by atomic mass is 15.4. The molecule has 0 bridgehead atoms. The first-order chi connectivity index (χ1) is 8.38. The fraction of sp³-hybridized carbons (Fsp3) is 0.455. The molecule has 0 atom stereocenters. The predicted molar refractivity (Wildman–Crippen MR) is 63.6 cm³/mol. The third-order valence-corrected chi connectivity index (χ3v) is 3.18. The van der Waals surface area contributed by atoms with Gasteiger partial charge in [-0.1, -0.05) is 0 Å². The molecule has 2 aromatic rings. The standard InChI is InChI=1S/C11H16N6/c12-2-1-10-8(6-14-16-10)5-9-7-15-17-4-3-13-11(9)17/h6-7H,1-5,12H2,(H2,13,14,15,16)/p+1. The van der Waals surface area contributed by atoms with Gasteiger partial charge in [-0.3, -0.25) is 10.4 Å². The van der Waals surface area contributed by atoms with Crippen LogP contribution in [0.1, 0.15) is 16.8 Å². The van der Waals surface area contributed by atoms with Crippen LogP contribution in [0.4, 0.5) is 5.82 Å². The van der Waals surface area contributed by atoms with Crippen molar-refractivity contribution in [3.05, 3.63) is 29.2 Å². The first kappa shape index (κ1) is 10.3. The largest absolute Gasteiger partial charge is 0.330 e.